The molecule has 0 atom stereocenters. The van der Waals surface area contributed by atoms with E-state index in [1.165, 1.54) is 11.3 Å². The number of carbonyl (C=O) groups excluding carboxylic acids is 1. The standard InChI is InChI=1S/C21H18N4O4S/c1-13-18(20-24-19(25-29-20)14-6-4-3-5-7-14)30-21(22-13)23-17(26)12-28-16-10-8-15(27-2)9-11-16/h3-11H,12H2,1-2H3,(H,22,23,26). The molecule has 9 heteroatoms. The molecule has 0 fully saturated rings. The number of rotatable bonds is 7. The minimum absolute atomic E-state index is 0.140. The van der Waals surface area contributed by atoms with Gasteiger partial charge in [0.05, 0.1) is 12.8 Å². The van der Waals surface area contributed by atoms with Crippen molar-refractivity contribution < 1.29 is 18.8 Å². The molecule has 152 valence electrons. The molecule has 0 aliphatic carbocycles. The Kier molecular flexibility index (Phi) is 5.71. The van der Waals surface area contributed by atoms with Gasteiger partial charge in [0.25, 0.3) is 11.8 Å². The van der Waals surface area contributed by atoms with Crippen molar-refractivity contribution in [3.8, 4) is 33.7 Å². The van der Waals surface area contributed by atoms with Gasteiger partial charge < -0.3 is 14.0 Å². The fourth-order valence-electron chi connectivity index (χ4n) is 2.64. The van der Waals surface area contributed by atoms with E-state index in [1.54, 1.807) is 31.4 Å². The van der Waals surface area contributed by atoms with Crippen LogP contribution in [0.25, 0.3) is 22.2 Å². The van der Waals surface area contributed by atoms with Crippen LogP contribution >= 0.6 is 11.3 Å². The molecule has 1 N–H and O–H groups in total. The number of nitrogens with one attached hydrogen (secondary N) is 1. The highest BCUT2D eigenvalue weighted by Gasteiger charge is 2.18. The zero-order chi connectivity index (χ0) is 20.9. The summed E-state index contributed by atoms with van der Waals surface area (Å²) in [5.74, 6) is 1.83. The fourth-order valence-corrected chi connectivity index (χ4v) is 3.55. The zero-order valence-corrected chi connectivity index (χ0v) is 17.1. The molecule has 2 aromatic heterocycles. The summed E-state index contributed by atoms with van der Waals surface area (Å²) < 4.78 is 16.0. The highest BCUT2D eigenvalue weighted by Crippen LogP contribution is 2.32. The molecule has 0 aliphatic rings. The van der Waals surface area contributed by atoms with Gasteiger partial charge in [-0.15, -0.1) is 0 Å². The smallest absolute Gasteiger partial charge is 0.270 e. The Labute approximate surface area is 176 Å². The second-order valence-corrected chi connectivity index (χ2v) is 7.23. The van der Waals surface area contributed by atoms with E-state index >= 15 is 0 Å². The average Bonchev–Trinajstić information content (AvgIpc) is 3.40. The molecular formula is C21H18N4O4S. The van der Waals surface area contributed by atoms with Crippen molar-refractivity contribution in [2.45, 2.75) is 6.92 Å². The van der Waals surface area contributed by atoms with Gasteiger partial charge in [0.2, 0.25) is 5.82 Å². The Hall–Kier alpha value is -3.72. The number of nitrogens with zero attached hydrogens (tertiary/aromatic N) is 3. The van der Waals surface area contributed by atoms with Crippen LogP contribution in [0, 0.1) is 6.92 Å². The Morgan fingerprint density at radius 3 is 2.53 bits per heavy atom. The van der Waals surface area contributed by atoms with Crippen molar-refractivity contribution in [2.24, 2.45) is 0 Å². The molecule has 0 radical (unpaired) electrons. The van der Waals surface area contributed by atoms with E-state index in [0.717, 1.165) is 5.56 Å². The molecule has 0 spiro atoms. The number of hydrogen-bond donors (Lipinski definition) is 1. The summed E-state index contributed by atoms with van der Waals surface area (Å²) >= 11 is 1.26. The molecule has 2 heterocycles. The van der Waals surface area contributed by atoms with Gasteiger partial charge in [0, 0.05) is 5.56 Å². The summed E-state index contributed by atoms with van der Waals surface area (Å²) in [6.07, 6.45) is 0. The monoisotopic (exact) mass is 422 g/mol. The molecule has 8 nitrogen and oxygen atoms in total. The number of amides is 1. The summed E-state index contributed by atoms with van der Waals surface area (Å²) in [7, 11) is 1.59. The summed E-state index contributed by atoms with van der Waals surface area (Å²) in [6.45, 7) is 1.68. The first-order valence-corrected chi connectivity index (χ1v) is 9.87. The van der Waals surface area contributed by atoms with Crippen molar-refractivity contribution in [3.05, 3.63) is 60.3 Å². The quantitative estimate of drug-likeness (QED) is 0.477. The predicted molar refractivity (Wildman–Crippen MR) is 113 cm³/mol. The summed E-state index contributed by atoms with van der Waals surface area (Å²) in [6, 6.07) is 16.5. The number of anilines is 1. The first-order valence-electron chi connectivity index (χ1n) is 9.06. The van der Waals surface area contributed by atoms with Gasteiger partial charge in [0.1, 0.15) is 16.4 Å². The van der Waals surface area contributed by atoms with Crippen molar-refractivity contribution in [1.82, 2.24) is 15.1 Å². The lowest BCUT2D eigenvalue weighted by molar-refractivity contribution is -0.118. The summed E-state index contributed by atoms with van der Waals surface area (Å²) in [4.78, 5) is 21.7. The number of aryl methyl sites for hydroxylation is 1. The average molecular weight is 422 g/mol. The Morgan fingerprint density at radius 2 is 1.80 bits per heavy atom. The van der Waals surface area contributed by atoms with E-state index in [4.69, 9.17) is 14.0 Å². The van der Waals surface area contributed by atoms with E-state index in [2.05, 4.69) is 20.4 Å². The number of hydrogen-bond acceptors (Lipinski definition) is 8. The van der Waals surface area contributed by atoms with Crippen LogP contribution in [0.1, 0.15) is 5.69 Å². The van der Waals surface area contributed by atoms with Gasteiger partial charge in [-0.3, -0.25) is 10.1 Å². The van der Waals surface area contributed by atoms with Crippen molar-refractivity contribution in [1.29, 1.82) is 0 Å². The van der Waals surface area contributed by atoms with Gasteiger partial charge in [-0.1, -0.05) is 46.8 Å². The highest BCUT2D eigenvalue weighted by atomic mass is 32.1. The number of ether oxygens (including phenoxy) is 2. The zero-order valence-electron chi connectivity index (χ0n) is 16.3. The van der Waals surface area contributed by atoms with Gasteiger partial charge in [-0.2, -0.15) is 4.98 Å². The van der Waals surface area contributed by atoms with Crippen molar-refractivity contribution in [2.75, 3.05) is 19.0 Å². The molecule has 4 aromatic rings. The van der Waals surface area contributed by atoms with Crippen LogP contribution in [0.4, 0.5) is 5.13 Å². The molecular weight excluding hydrogens is 404 g/mol. The van der Waals surface area contributed by atoms with Gasteiger partial charge >= 0.3 is 0 Å². The summed E-state index contributed by atoms with van der Waals surface area (Å²) in [5, 5.41) is 7.19. The maximum Gasteiger partial charge on any atom is 0.270 e. The topological polar surface area (TPSA) is 99.4 Å². The molecule has 30 heavy (non-hydrogen) atoms. The normalized spacial score (nSPS) is 10.6. The maximum absolute atomic E-state index is 12.2. The third-order valence-corrected chi connectivity index (χ3v) is 5.19. The second-order valence-electron chi connectivity index (χ2n) is 6.24. The Balaban J connectivity index is 1.40. The Morgan fingerprint density at radius 1 is 1.07 bits per heavy atom. The van der Waals surface area contributed by atoms with Crippen molar-refractivity contribution in [3.63, 3.8) is 0 Å². The van der Waals surface area contributed by atoms with E-state index < -0.39 is 0 Å². The maximum atomic E-state index is 12.2. The van der Waals surface area contributed by atoms with Gasteiger partial charge in [-0.05, 0) is 31.2 Å². The SMILES string of the molecule is COc1ccc(OCC(=O)Nc2nc(C)c(-c3nc(-c4ccccc4)no3)s2)cc1. The van der Waals surface area contributed by atoms with Gasteiger partial charge in [-0.25, -0.2) is 4.98 Å². The van der Waals surface area contributed by atoms with E-state index in [1.807, 2.05) is 37.3 Å². The number of benzene rings is 2. The van der Waals surface area contributed by atoms with Crippen molar-refractivity contribution >= 4 is 22.4 Å². The lowest BCUT2D eigenvalue weighted by Gasteiger charge is -2.06. The predicted octanol–water partition coefficient (Wildman–Crippen LogP) is 4.19. The molecule has 0 saturated carbocycles. The number of carbonyl (C=O) groups is 1. The van der Waals surface area contributed by atoms with E-state index in [0.29, 0.717) is 38.9 Å². The summed E-state index contributed by atoms with van der Waals surface area (Å²) in [5.41, 5.74) is 1.55. The second kappa shape index (κ2) is 8.75. The number of methoxy groups -OCH3 is 1. The van der Waals surface area contributed by atoms with Crippen LogP contribution in [-0.4, -0.2) is 34.7 Å². The van der Waals surface area contributed by atoms with Gasteiger partial charge in [0.15, 0.2) is 11.7 Å². The van der Waals surface area contributed by atoms with Crippen LogP contribution in [0.15, 0.2) is 59.1 Å². The lowest BCUT2D eigenvalue weighted by Crippen LogP contribution is -2.20. The number of thiazole rings is 1. The molecule has 0 aliphatic heterocycles. The molecule has 4 rings (SSSR count). The Bertz CT molecular complexity index is 1140. The largest absolute Gasteiger partial charge is 0.497 e. The van der Waals surface area contributed by atoms with E-state index in [9.17, 15) is 4.79 Å². The van der Waals surface area contributed by atoms with Crippen LogP contribution in [-0.2, 0) is 4.79 Å². The molecule has 1 amide bonds. The molecule has 0 saturated heterocycles. The minimum atomic E-state index is -0.318. The third-order valence-electron chi connectivity index (χ3n) is 4.12. The highest BCUT2D eigenvalue weighted by molar-refractivity contribution is 7.19. The van der Waals surface area contributed by atoms with Crippen LogP contribution in [0.2, 0.25) is 0 Å². The molecule has 2 aromatic carbocycles. The van der Waals surface area contributed by atoms with Crippen LogP contribution in [0.3, 0.4) is 0 Å². The number of aromatic nitrogens is 3. The molecule has 0 bridgehead atoms. The third kappa shape index (κ3) is 4.47. The van der Waals surface area contributed by atoms with Crippen LogP contribution in [0.5, 0.6) is 11.5 Å². The lowest BCUT2D eigenvalue weighted by atomic mass is 10.2. The van der Waals surface area contributed by atoms with Crippen LogP contribution < -0.4 is 14.8 Å². The fraction of sp³-hybridized carbons (Fsp3) is 0.143. The first kappa shape index (κ1) is 19.6. The molecule has 0 unspecified atom stereocenters. The minimum Gasteiger partial charge on any atom is -0.497 e. The first-order chi connectivity index (χ1) is 14.6. The van der Waals surface area contributed by atoms with E-state index in [-0.39, 0.29) is 12.5 Å².